The number of unbranched alkanes of at least 4 members (excludes halogenated alkanes) is 1. The zero-order chi connectivity index (χ0) is 4.12. The van der Waals surface area contributed by atoms with Gasteiger partial charge in [0.05, 0.1) is 0 Å². The van der Waals surface area contributed by atoms with Gasteiger partial charge in [0, 0.05) is 0 Å². The normalized spacial score (nSPS) is 6.00. The molecule has 0 fully saturated rings. The van der Waals surface area contributed by atoms with Gasteiger partial charge in [-0.1, -0.05) is 19.8 Å². The molecule has 1 N–H and O–H groups in total. The molecule has 40 valence electrons. The first-order chi connectivity index (χ1) is 2.41. The first kappa shape index (κ1) is 15.7. The van der Waals surface area contributed by atoms with Crippen molar-refractivity contribution in [1.82, 2.24) is 0 Å². The molecule has 7 heavy (non-hydrogen) atoms. The first-order valence-corrected chi connectivity index (χ1v) is 2.00. The van der Waals surface area contributed by atoms with E-state index in [1.165, 1.54) is 0 Å². The van der Waals surface area contributed by atoms with Gasteiger partial charge in [-0.3, -0.25) is 0 Å². The third kappa shape index (κ3) is 20.0. The smallest absolute Gasteiger partial charge is 0.870 e. The molecule has 3 heteroatoms. The van der Waals surface area contributed by atoms with E-state index in [-0.39, 0.29) is 37.9 Å². The summed E-state index contributed by atoms with van der Waals surface area (Å²) in [4.78, 5) is 0. The van der Waals surface area contributed by atoms with E-state index in [1.54, 1.807) is 0 Å². The van der Waals surface area contributed by atoms with Crippen molar-refractivity contribution in [1.29, 1.82) is 0 Å². The van der Waals surface area contributed by atoms with Crippen LogP contribution in [0.5, 0.6) is 0 Å². The Labute approximate surface area is 63.0 Å². The van der Waals surface area contributed by atoms with Gasteiger partial charge in [0.25, 0.3) is 0 Å². The Balaban J connectivity index is -0.0000000800. The fourth-order valence-electron chi connectivity index (χ4n) is 0.144. The summed E-state index contributed by atoms with van der Waals surface area (Å²) in [5.74, 6) is 0. The zero-order valence-electron chi connectivity index (χ0n) is 4.48. The summed E-state index contributed by atoms with van der Waals surface area (Å²) in [7, 11) is 0. The summed E-state index contributed by atoms with van der Waals surface area (Å²) < 4.78 is 0. The predicted molar refractivity (Wildman–Crippen MR) is 21.7 cm³/mol. The molecule has 0 aliphatic carbocycles. The van der Waals surface area contributed by atoms with Crippen LogP contribution in [0.3, 0.4) is 0 Å². The minimum atomic E-state index is 0. The Bertz CT molecular complexity index is 17.2. The Kier molecular flexibility index (Phi) is 35.4. The minimum absolute atomic E-state index is 0. The van der Waals surface area contributed by atoms with Crippen molar-refractivity contribution < 1.29 is 36.4 Å². The average Bonchev–Trinajstić information content (AvgIpc) is 1.41. The van der Waals surface area contributed by atoms with Gasteiger partial charge in [-0.25, -0.2) is 0 Å². The van der Waals surface area contributed by atoms with E-state index < -0.39 is 0 Å². The molecule has 0 atom stereocenters. The molecule has 0 amide bonds. The first-order valence-electron chi connectivity index (χ1n) is 2.00. The molecule has 0 saturated heterocycles. The van der Waals surface area contributed by atoms with Crippen molar-refractivity contribution in [2.24, 2.45) is 0 Å². The third-order valence-corrected chi connectivity index (χ3v) is 0.498. The molecule has 0 aromatic carbocycles. The number of rotatable bonds is 2. The molecule has 0 aromatic rings. The van der Waals surface area contributed by atoms with Crippen molar-refractivity contribution in [3.8, 4) is 0 Å². The van der Waals surface area contributed by atoms with Crippen LogP contribution in [0, 0.1) is 0 Å². The van der Waals surface area contributed by atoms with Gasteiger partial charge in [-0.05, 0) is 0 Å². The molecule has 0 rings (SSSR count). The van der Waals surface area contributed by atoms with Crippen LogP contribution in [0.15, 0.2) is 0 Å². The Morgan fingerprint density at radius 3 is 1.86 bits per heavy atom. The minimum Gasteiger partial charge on any atom is -0.870 e. The summed E-state index contributed by atoms with van der Waals surface area (Å²) in [6.45, 7) is 2.11. The van der Waals surface area contributed by atoms with E-state index in [4.69, 9.17) is 0 Å². The second-order valence-electron chi connectivity index (χ2n) is 1.06. The molecule has 0 aliphatic rings. The predicted octanol–water partition coefficient (Wildman–Crippen LogP) is -0.0325. The number of hydrogen-bond donors (Lipinski definition) is 0. The summed E-state index contributed by atoms with van der Waals surface area (Å²) in [6.07, 6.45) is 1.86. The summed E-state index contributed by atoms with van der Waals surface area (Å²) in [5, 5.41) is 9.53. The molecule has 0 unspecified atom stereocenters. The molecular formula is C4H10HfO2+2. The molecule has 0 bridgehead atoms. The van der Waals surface area contributed by atoms with Crippen LogP contribution in [-0.2, 0) is 25.8 Å². The summed E-state index contributed by atoms with van der Waals surface area (Å²) in [6, 6.07) is 0. The van der Waals surface area contributed by atoms with Crippen molar-refractivity contribution in [2.75, 3.05) is 6.61 Å². The van der Waals surface area contributed by atoms with Gasteiger partial charge < -0.3 is 10.6 Å². The molecule has 0 aliphatic heterocycles. The van der Waals surface area contributed by atoms with Crippen molar-refractivity contribution in [3.63, 3.8) is 0 Å². The summed E-state index contributed by atoms with van der Waals surface area (Å²) >= 11 is 0. The van der Waals surface area contributed by atoms with Crippen LogP contribution >= 0.6 is 0 Å². The standard InChI is InChI=1S/C4H9O.Hf.H2O/c1-2-3-4-5;;/h2-4H2,1H3;;1H2/q-1;+4;/p-1. The molecule has 0 radical (unpaired) electrons. The van der Waals surface area contributed by atoms with Gasteiger partial charge in [-0.15, -0.1) is 6.61 Å². The van der Waals surface area contributed by atoms with Gasteiger partial charge in [0.1, 0.15) is 0 Å². The fraction of sp³-hybridized carbons (Fsp3) is 1.00. The van der Waals surface area contributed by atoms with Gasteiger partial charge in [0.15, 0.2) is 0 Å². The molecule has 0 spiro atoms. The van der Waals surface area contributed by atoms with Gasteiger partial charge >= 0.3 is 25.8 Å². The van der Waals surface area contributed by atoms with Crippen LogP contribution in [0.4, 0.5) is 0 Å². The van der Waals surface area contributed by atoms with Crippen LogP contribution in [0.25, 0.3) is 0 Å². The van der Waals surface area contributed by atoms with Crippen molar-refractivity contribution in [2.45, 2.75) is 19.8 Å². The maximum Gasteiger partial charge on any atom is 4.00 e. The Morgan fingerprint density at radius 1 is 1.43 bits per heavy atom. The van der Waals surface area contributed by atoms with E-state index in [2.05, 4.69) is 0 Å². The van der Waals surface area contributed by atoms with E-state index in [1.807, 2.05) is 6.92 Å². The number of hydrogen-bond acceptors (Lipinski definition) is 2. The van der Waals surface area contributed by atoms with Gasteiger partial charge in [0.2, 0.25) is 0 Å². The second-order valence-corrected chi connectivity index (χ2v) is 1.06. The Morgan fingerprint density at radius 2 is 1.86 bits per heavy atom. The van der Waals surface area contributed by atoms with E-state index in [0.29, 0.717) is 0 Å². The molecule has 0 saturated carbocycles. The molecular weight excluding hydrogens is 259 g/mol. The van der Waals surface area contributed by atoms with Crippen LogP contribution < -0.4 is 5.11 Å². The monoisotopic (exact) mass is 270 g/mol. The van der Waals surface area contributed by atoms with Gasteiger partial charge in [-0.2, -0.15) is 0 Å². The van der Waals surface area contributed by atoms with Crippen LogP contribution in [-0.4, -0.2) is 12.1 Å². The largest absolute Gasteiger partial charge is 4.00 e. The van der Waals surface area contributed by atoms with E-state index in [9.17, 15) is 5.11 Å². The SMILES string of the molecule is CCCC[O-].[Hf+4].[OH-]. The molecule has 2 nitrogen and oxygen atoms in total. The van der Waals surface area contributed by atoms with E-state index >= 15 is 0 Å². The van der Waals surface area contributed by atoms with Crippen molar-refractivity contribution in [3.05, 3.63) is 0 Å². The quantitative estimate of drug-likeness (QED) is 0.660. The topological polar surface area (TPSA) is 53.1 Å². The Hall–Kier alpha value is 0.790. The summed E-state index contributed by atoms with van der Waals surface area (Å²) in [5.41, 5.74) is 0. The maximum atomic E-state index is 9.53. The zero-order valence-corrected chi connectivity index (χ0v) is 8.07. The fourth-order valence-corrected chi connectivity index (χ4v) is 0.144. The second kappa shape index (κ2) is 15.8. The average molecular weight is 269 g/mol. The molecule has 0 heterocycles. The third-order valence-electron chi connectivity index (χ3n) is 0.498. The van der Waals surface area contributed by atoms with E-state index in [0.717, 1.165) is 12.8 Å². The van der Waals surface area contributed by atoms with Crippen molar-refractivity contribution >= 4 is 0 Å². The molecule has 0 aromatic heterocycles. The maximum absolute atomic E-state index is 9.53. The van der Waals surface area contributed by atoms with Crippen LogP contribution in [0.1, 0.15) is 19.8 Å². The van der Waals surface area contributed by atoms with Crippen LogP contribution in [0.2, 0.25) is 0 Å².